The molecular weight excluding hydrogens is 206 g/mol. The van der Waals surface area contributed by atoms with E-state index in [4.69, 9.17) is 0 Å². The fourth-order valence-electron chi connectivity index (χ4n) is 1.25. The molecule has 0 radical (unpaired) electrons. The summed E-state index contributed by atoms with van der Waals surface area (Å²) in [5.74, 6) is 0. The molecule has 0 bridgehead atoms. The van der Waals surface area contributed by atoms with Crippen LogP contribution in [-0.2, 0) is 6.54 Å². The van der Waals surface area contributed by atoms with Gasteiger partial charge in [-0.1, -0.05) is 17.7 Å². The molecule has 0 N–H and O–H groups in total. The molecule has 2 aromatic rings. The molecule has 0 unspecified atom stereocenters. The SMILES string of the molecule is CCn1cnnc1Sc1ccc(C)cc1. The van der Waals surface area contributed by atoms with E-state index < -0.39 is 0 Å². The predicted octanol–water partition coefficient (Wildman–Crippen LogP) is 2.76. The van der Waals surface area contributed by atoms with Crippen molar-refractivity contribution in [1.82, 2.24) is 14.8 Å². The molecule has 1 heterocycles. The van der Waals surface area contributed by atoms with E-state index in [-0.39, 0.29) is 0 Å². The quantitative estimate of drug-likeness (QED) is 0.795. The van der Waals surface area contributed by atoms with Gasteiger partial charge in [-0.25, -0.2) is 0 Å². The summed E-state index contributed by atoms with van der Waals surface area (Å²) in [5, 5.41) is 8.93. The van der Waals surface area contributed by atoms with Crippen LogP contribution in [0.4, 0.5) is 0 Å². The Morgan fingerprint density at radius 2 is 2.00 bits per heavy atom. The maximum atomic E-state index is 4.08. The summed E-state index contributed by atoms with van der Waals surface area (Å²) < 4.78 is 2.03. The third-order valence-electron chi connectivity index (χ3n) is 2.15. The summed E-state index contributed by atoms with van der Waals surface area (Å²) in [7, 11) is 0. The first kappa shape index (κ1) is 10.2. The van der Waals surface area contributed by atoms with Gasteiger partial charge in [0.05, 0.1) is 0 Å². The number of hydrogen-bond donors (Lipinski definition) is 0. The highest BCUT2D eigenvalue weighted by Crippen LogP contribution is 2.25. The van der Waals surface area contributed by atoms with Gasteiger partial charge < -0.3 is 4.57 Å². The Hall–Kier alpha value is -1.29. The molecule has 0 aliphatic rings. The molecule has 0 amide bonds. The molecule has 0 atom stereocenters. The second-order valence-corrected chi connectivity index (χ2v) is 4.36. The molecule has 4 heteroatoms. The van der Waals surface area contributed by atoms with Crippen LogP contribution in [0.15, 0.2) is 40.6 Å². The average Bonchev–Trinajstić information content (AvgIpc) is 2.69. The van der Waals surface area contributed by atoms with Gasteiger partial charge in [-0.3, -0.25) is 0 Å². The van der Waals surface area contributed by atoms with E-state index >= 15 is 0 Å². The molecular formula is C11H13N3S. The summed E-state index contributed by atoms with van der Waals surface area (Å²) >= 11 is 1.64. The maximum absolute atomic E-state index is 4.08. The van der Waals surface area contributed by atoms with E-state index in [0.717, 1.165) is 11.7 Å². The average molecular weight is 219 g/mol. The van der Waals surface area contributed by atoms with Crippen LogP contribution in [0.5, 0.6) is 0 Å². The molecule has 0 saturated carbocycles. The van der Waals surface area contributed by atoms with Crippen molar-refractivity contribution in [3.8, 4) is 0 Å². The molecule has 1 aromatic carbocycles. The van der Waals surface area contributed by atoms with Crippen LogP contribution < -0.4 is 0 Å². The lowest BCUT2D eigenvalue weighted by Gasteiger charge is -2.02. The van der Waals surface area contributed by atoms with Gasteiger partial charge in [-0.05, 0) is 37.7 Å². The second kappa shape index (κ2) is 4.49. The third kappa shape index (κ3) is 2.39. The van der Waals surface area contributed by atoms with Crippen molar-refractivity contribution in [2.75, 3.05) is 0 Å². The number of aromatic nitrogens is 3. The van der Waals surface area contributed by atoms with Crippen LogP contribution >= 0.6 is 11.8 Å². The molecule has 1 aromatic heterocycles. The van der Waals surface area contributed by atoms with Gasteiger partial charge in [-0.2, -0.15) is 0 Å². The van der Waals surface area contributed by atoms with E-state index in [0.29, 0.717) is 0 Å². The fraction of sp³-hybridized carbons (Fsp3) is 0.273. The first-order valence-electron chi connectivity index (χ1n) is 4.92. The number of rotatable bonds is 3. The van der Waals surface area contributed by atoms with Gasteiger partial charge in [0.1, 0.15) is 6.33 Å². The lowest BCUT2D eigenvalue weighted by atomic mass is 10.2. The van der Waals surface area contributed by atoms with Crippen molar-refractivity contribution >= 4 is 11.8 Å². The Labute approximate surface area is 93.5 Å². The molecule has 0 aliphatic carbocycles. The van der Waals surface area contributed by atoms with Crippen LogP contribution in [0.2, 0.25) is 0 Å². The summed E-state index contributed by atoms with van der Waals surface area (Å²) in [4.78, 5) is 1.20. The zero-order chi connectivity index (χ0) is 10.7. The Bertz CT molecular complexity index is 433. The lowest BCUT2D eigenvalue weighted by molar-refractivity contribution is 0.681. The van der Waals surface area contributed by atoms with Crippen molar-refractivity contribution in [2.45, 2.75) is 30.4 Å². The Morgan fingerprint density at radius 1 is 1.27 bits per heavy atom. The monoisotopic (exact) mass is 219 g/mol. The number of benzene rings is 1. The molecule has 3 nitrogen and oxygen atoms in total. The molecule has 2 rings (SSSR count). The van der Waals surface area contributed by atoms with Gasteiger partial charge in [0.25, 0.3) is 0 Å². The van der Waals surface area contributed by atoms with E-state index in [2.05, 4.69) is 48.3 Å². The van der Waals surface area contributed by atoms with Gasteiger partial charge in [0.2, 0.25) is 0 Å². The minimum absolute atomic E-state index is 0.904. The van der Waals surface area contributed by atoms with Crippen molar-refractivity contribution < 1.29 is 0 Å². The van der Waals surface area contributed by atoms with Crippen molar-refractivity contribution in [3.05, 3.63) is 36.2 Å². The minimum Gasteiger partial charge on any atom is -0.309 e. The van der Waals surface area contributed by atoms with E-state index in [1.807, 2.05) is 4.57 Å². The largest absolute Gasteiger partial charge is 0.309 e. The number of aryl methyl sites for hydroxylation is 2. The van der Waals surface area contributed by atoms with Crippen LogP contribution in [0.25, 0.3) is 0 Å². The van der Waals surface area contributed by atoms with Crippen molar-refractivity contribution in [2.24, 2.45) is 0 Å². The summed E-state index contributed by atoms with van der Waals surface area (Å²) in [6.45, 7) is 5.08. The van der Waals surface area contributed by atoms with Crippen molar-refractivity contribution in [3.63, 3.8) is 0 Å². The highest BCUT2D eigenvalue weighted by atomic mass is 32.2. The van der Waals surface area contributed by atoms with Gasteiger partial charge in [-0.15, -0.1) is 10.2 Å². The molecule has 15 heavy (non-hydrogen) atoms. The van der Waals surface area contributed by atoms with E-state index in [1.165, 1.54) is 10.5 Å². The predicted molar refractivity (Wildman–Crippen MR) is 61.0 cm³/mol. The normalized spacial score (nSPS) is 10.5. The topological polar surface area (TPSA) is 30.7 Å². The van der Waals surface area contributed by atoms with Crippen LogP contribution in [-0.4, -0.2) is 14.8 Å². The highest BCUT2D eigenvalue weighted by Gasteiger charge is 2.04. The van der Waals surface area contributed by atoms with Crippen molar-refractivity contribution in [1.29, 1.82) is 0 Å². The minimum atomic E-state index is 0.904. The Balaban J connectivity index is 2.18. The highest BCUT2D eigenvalue weighted by molar-refractivity contribution is 7.99. The number of nitrogens with zero attached hydrogens (tertiary/aromatic N) is 3. The van der Waals surface area contributed by atoms with Crippen LogP contribution in [0.1, 0.15) is 12.5 Å². The molecule has 78 valence electrons. The van der Waals surface area contributed by atoms with E-state index in [9.17, 15) is 0 Å². The maximum Gasteiger partial charge on any atom is 0.195 e. The van der Waals surface area contributed by atoms with Crippen LogP contribution in [0, 0.1) is 6.92 Å². The van der Waals surface area contributed by atoms with Gasteiger partial charge >= 0.3 is 0 Å². The zero-order valence-corrected chi connectivity index (χ0v) is 9.66. The Kier molecular flexibility index (Phi) is 3.06. The third-order valence-corrected chi connectivity index (χ3v) is 3.16. The van der Waals surface area contributed by atoms with E-state index in [1.54, 1.807) is 18.1 Å². The summed E-state index contributed by atoms with van der Waals surface area (Å²) in [6, 6.07) is 8.42. The summed E-state index contributed by atoms with van der Waals surface area (Å²) in [6.07, 6.45) is 1.76. The fourth-order valence-corrected chi connectivity index (χ4v) is 2.12. The number of hydrogen-bond acceptors (Lipinski definition) is 3. The Morgan fingerprint density at radius 3 is 2.67 bits per heavy atom. The first-order valence-corrected chi connectivity index (χ1v) is 5.73. The standard InChI is InChI=1S/C11H13N3S/c1-3-14-8-12-13-11(14)15-10-6-4-9(2)5-7-10/h4-8H,3H2,1-2H3. The van der Waals surface area contributed by atoms with Gasteiger partial charge in [0, 0.05) is 11.4 Å². The molecule has 0 saturated heterocycles. The lowest BCUT2D eigenvalue weighted by Crippen LogP contribution is -1.93. The summed E-state index contributed by atoms with van der Waals surface area (Å²) in [5.41, 5.74) is 1.27. The molecule has 0 aliphatic heterocycles. The van der Waals surface area contributed by atoms with Gasteiger partial charge in [0.15, 0.2) is 5.16 Å². The second-order valence-electron chi connectivity index (χ2n) is 3.31. The molecule has 0 fully saturated rings. The smallest absolute Gasteiger partial charge is 0.195 e. The molecule has 0 spiro atoms. The zero-order valence-electron chi connectivity index (χ0n) is 8.84. The van der Waals surface area contributed by atoms with Crippen LogP contribution in [0.3, 0.4) is 0 Å². The first-order chi connectivity index (χ1) is 7.29.